The summed E-state index contributed by atoms with van der Waals surface area (Å²) >= 11 is 0. The Morgan fingerprint density at radius 2 is 1.92 bits per heavy atom. The second-order valence-corrected chi connectivity index (χ2v) is 7.25. The zero-order valence-corrected chi connectivity index (χ0v) is 15.8. The fraction of sp³-hybridized carbons (Fsp3) is 0.429. The van der Waals surface area contributed by atoms with E-state index in [1.54, 1.807) is 0 Å². The van der Waals surface area contributed by atoms with E-state index < -0.39 is 5.97 Å². The molecule has 1 heterocycles. The summed E-state index contributed by atoms with van der Waals surface area (Å²) in [5.74, 6) is -0.485. The van der Waals surface area contributed by atoms with Crippen LogP contribution in [-0.2, 0) is 9.53 Å². The third-order valence-electron chi connectivity index (χ3n) is 4.81. The van der Waals surface area contributed by atoms with Crippen molar-refractivity contribution in [2.24, 2.45) is 0 Å². The first-order valence-corrected chi connectivity index (χ1v) is 9.12. The number of esters is 1. The monoisotopic (exact) mass is 354 g/mol. The molecule has 0 atom stereocenters. The molecule has 138 valence electrons. The number of para-hydroxylation sites is 1. The number of aromatic nitrogens is 1. The predicted octanol–water partition coefficient (Wildman–Crippen LogP) is 4.36. The number of carbonyl (C=O) groups is 2. The molecule has 0 bridgehead atoms. The van der Waals surface area contributed by atoms with Crippen LogP contribution in [0.5, 0.6) is 0 Å². The molecule has 5 nitrogen and oxygen atoms in total. The summed E-state index contributed by atoms with van der Waals surface area (Å²) in [4.78, 5) is 24.6. The van der Waals surface area contributed by atoms with Gasteiger partial charge in [-0.2, -0.15) is 0 Å². The molecule has 3 rings (SSSR count). The summed E-state index contributed by atoms with van der Waals surface area (Å²) < 4.78 is 7.44. The fourth-order valence-electron chi connectivity index (χ4n) is 3.39. The molecular weight excluding hydrogens is 328 g/mol. The van der Waals surface area contributed by atoms with Crippen LogP contribution in [0, 0.1) is 13.8 Å². The lowest BCUT2D eigenvalue weighted by atomic mass is 10.0. The molecule has 1 fully saturated rings. The highest BCUT2D eigenvalue weighted by atomic mass is 16.5. The number of nitrogens with one attached hydrogen (secondary N) is 1. The number of hydrogen-bond acceptors (Lipinski definition) is 3. The summed E-state index contributed by atoms with van der Waals surface area (Å²) in [6, 6.07) is 10.0. The highest BCUT2D eigenvalue weighted by Crippen LogP contribution is 2.38. The van der Waals surface area contributed by atoms with Gasteiger partial charge in [0.05, 0.1) is 5.56 Å². The minimum atomic E-state index is -0.447. The summed E-state index contributed by atoms with van der Waals surface area (Å²) in [6.07, 6.45) is 2.31. The zero-order chi connectivity index (χ0) is 18.8. The van der Waals surface area contributed by atoms with Crippen molar-refractivity contribution in [3.8, 4) is 0 Å². The number of anilines is 1. The molecule has 1 amide bonds. The normalized spacial score (nSPS) is 13.7. The number of benzene rings is 1. The summed E-state index contributed by atoms with van der Waals surface area (Å²) in [5.41, 5.74) is 4.34. The van der Waals surface area contributed by atoms with E-state index in [1.807, 2.05) is 44.2 Å². The highest BCUT2D eigenvalue weighted by Gasteiger charge is 2.28. The average Bonchev–Trinajstić information content (AvgIpc) is 3.38. The van der Waals surface area contributed by atoms with Crippen LogP contribution in [0.1, 0.15) is 66.0 Å². The third-order valence-corrected chi connectivity index (χ3v) is 4.81. The number of nitrogens with zero attached hydrogens (tertiary/aromatic N) is 1. The van der Waals surface area contributed by atoms with E-state index in [-0.39, 0.29) is 12.5 Å². The van der Waals surface area contributed by atoms with Crippen LogP contribution in [0.25, 0.3) is 0 Å². The first kappa shape index (κ1) is 18.2. The molecule has 0 spiro atoms. The molecule has 1 aromatic heterocycles. The molecule has 0 radical (unpaired) electrons. The molecule has 1 aliphatic carbocycles. The van der Waals surface area contributed by atoms with Gasteiger partial charge in [0.25, 0.3) is 5.91 Å². The predicted molar refractivity (Wildman–Crippen MR) is 102 cm³/mol. The lowest BCUT2D eigenvalue weighted by Crippen LogP contribution is -2.22. The maximum absolute atomic E-state index is 12.4. The molecule has 26 heavy (non-hydrogen) atoms. The lowest BCUT2D eigenvalue weighted by molar-refractivity contribution is -0.119. The molecule has 1 aliphatic rings. The molecule has 0 saturated heterocycles. The van der Waals surface area contributed by atoms with Gasteiger partial charge in [-0.1, -0.05) is 32.0 Å². The van der Waals surface area contributed by atoms with Crippen molar-refractivity contribution in [2.75, 3.05) is 11.9 Å². The number of amides is 1. The molecule has 0 aliphatic heterocycles. The smallest absolute Gasteiger partial charge is 0.340 e. The van der Waals surface area contributed by atoms with E-state index in [2.05, 4.69) is 23.7 Å². The van der Waals surface area contributed by atoms with Gasteiger partial charge in [-0.05, 0) is 50.3 Å². The Morgan fingerprint density at radius 1 is 1.23 bits per heavy atom. The topological polar surface area (TPSA) is 60.3 Å². The quantitative estimate of drug-likeness (QED) is 0.784. The second kappa shape index (κ2) is 7.36. The van der Waals surface area contributed by atoms with Gasteiger partial charge in [-0.25, -0.2) is 4.79 Å². The summed E-state index contributed by atoms with van der Waals surface area (Å²) in [6.45, 7) is 7.78. The molecule has 1 aromatic carbocycles. The van der Waals surface area contributed by atoms with Crippen molar-refractivity contribution in [1.82, 2.24) is 4.57 Å². The van der Waals surface area contributed by atoms with E-state index in [0.29, 0.717) is 17.5 Å². The SMILES string of the molecule is Cc1cc(C(=O)OCC(=O)Nc2ccccc2C(C)C)c(C)n1C1CC1. The van der Waals surface area contributed by atoms with Gasteiger partial charge in [0.15, 0.2) is 6.61 Å². The Labute approximate surface area is 154 Å². The zero-order valence-electron chi connectivity index (χ0n) is 15.8. The number of hydrogen-bond donors (Lipinski definition) is 1. The Kier molecular flexibility index (Phi) is 5.16. The van der Waals surface area contributed by atoms with Crippen LogP contribution in [-0.4, -0.2) is 23.1 Å². The highest BCUT2D eigenvalue weighted by molar-refractivity contribution is 5.96. The molecule has 1 saturated carbocycles. The van der Waals surface area contributed by atoms with Gasteiger partial charge in [-0.3, -0.25) is 4.79 Å². The Bertz CT molecular complexity index is 832. The van der Waals surface area contributed by atoms with Crippen molar-refractivity contribution in [1.29, 1.82) is 0 Å². The van der Waals surface area contributed by atoms with E-state index in [4.69, 9.17) is 4.74 Å². The largest absolute Gasteiger partial charge is 0.452 e. The van der Waals surface area contributed by atoms with Crippen LogP contribution >= 0.6 is 0 Å². The van der Waals surface area contributed by atoms with Gasteiger partial charge in [-0.15, -0.1) is 0 Å². The van der Waals surface area contributed by atoms with E-state index in [0.717, 1.165) is 35.5 Å². The van der Waals surface area contributed by atoms with Gasteiger partial charge >= 0.3 is 5.97 Å². The van der Waals surface area contributed by atoms with E-state index >= 15 is 0 Å². The van der Waals surface area contributed by atoms with Crippen molar-refractivity contribution in [3.63, 3.8) is 0 Å². The standard InChI is InChI=1S/C21H26N2O3/c1-13(2)17-7-5-6-8-19(17)22-20(24)12-26-21(25)18-11-14(3)23(15(18)4)16-9-10-16/h5-8,11,13,16H,9-10,12H2,1-4H3,(H,22,24). The summed E-state index contributed by atoms with van der Waals surface area (Å²) in [5, 5.41) is 2.84. The van der Waals surface area contributed by atoms with Crippen molar-refractivity contribution in [3.05, 3.63) is 52.8 Å². The molecular formula is C21H26N2O3. The van der Waals surface area contributed by atoms with Gasteiger partial charge in [0, 0.05) is 23.1 Å². The Balaban J connectivity index is 1.62. The Hall–Kier alpha value is -2.56. The molecule has 2 aromatic rings. The van der Waals surface area contributed by atoms with Crippen LogP contribution < -0.4 is 5.32 Å². The second-order valence-electron chi connectivity index (χ2n) is 7.25. The maximum Gasteiger partial charge on any atom is 0.340 e. The van der Waals surface area contributed by atoms with Gasteiger partial charge in [0.2, 0.25) is 0 Å². The van der Waals surface area contributed by atoms with E-state index in [9.17, 15) is 9.59 Å². The Morgan fingerprint density at radius 3 is 2.58 bits per heavy atom. The van der Waals surface area contributed by atoms with Crippen molar-refractivity contribution >= 4 is 17.6 Å². The maximum atomic E-state index is 12.4. The number of ether oxygens (including phenoxy) is 1. The van der Waals surface area contributed by atoms with Crippen LogP contribution in [0.15, 0.2) is 30.3 Å². The third kappa shape index (κ3) is 3.82. The minimum absolute atomic E-state index is 0.293. The molecule has 5 heteroatoms. The first-order chi connectivity index (χ1) is 12.4. The lowest BCUT2D eigenvalue weighted by Gasteiger charge is -2.13. The van der Waals surface area contributed by atoms with Crippen LogP contribution in [0.3, 0.4) is 0 Å². The van der Waals surface area contributed by atoms with Crippen molar-refractivity contribution < 1.29 is 14.3 Å². The number of aryl methyl sites for hydroxylation is 1. The molecule has 1 N–H and O–H groups in total. The van der Waals surface area contributed by atoms with Gasteiger partial charge < -0.3 is 14.6 Å². The average molecular weight is 354 g/mol. The number of rotatable bonds is 6. The van der Waals surface area contributed by atoms with Crippen LogP contribution in [0.4, 0.5) is 5.69 Å². The minimum Gasteiger partial charge on any atom is -0.452 e. The first-order valence-electron chi connectivity index (χ1n) is 9.12. The fourth-order valence-corrected chi connectivity index (χ4v) is 3.39. The van der Waals surface area contributed by atoms with Crippen LogP contribution in [0.2, 0.25) is 0 Å². The molecule has 0 unspecified atom stereocenters. The van der Waals surface area contributed by atoms with Gasteiger partial charge in [0.1, 0.15) is 0 Å². The number of carbonyl (C=O) groups excluding carboxylic acids is 2. The van der Waals surface area contributed by atoms with Crippen molar-refractivity contribution in [2.45, 2.75) is 52.5 Å². The summed E-state index contributed by atoms with van der Waals surface area (Å²) in [7, 11) is 0. The van der Waals surface area contributed by atoms with E-state index in [1.165, 1.54) is 0 Å².